The molecule has 0 aromatic heterocycles. The Morgan fingerprint density at radius 3 is 2.18 bits per heavy atom. The van der Waals surface area contributed by atoms with Gasteiger partial charge in [-0.2, -0.15) is 0 Å². The number of hydrogen-bond donors (Lipinski definition) is 0. The van der Waals surface area contributed by atoms with Crippen molar-refractivity contribution in [2.45, 2.75) is 0 Å². The van der Waals surface area contributed by atoms with Crippen LogP contribution in [-0.4, -0.2) is 5.97 Å². The van der Waals surface area contributed by atoms with Gasteiger partial charge in [-0.25, -0.2) is 9.18 Å². The molecule has 0 aliphatic rings. The standard InChI is InChI=1S/C25H15FO2/c26-21-12-11-19-14-18-7-3-4-8-22(18)24(23(19)15-21)28-25(27)20-10-9-16-5-1-2-6-17(16)13-20/h1-15H. The molecule has 2 nitrogen and oxygen atoms in total. The number of halogens is 1. The van der Waals surface area contributed by atoms with E-state index < -0.39 is 5.97 Å². The molecule has 0 bridgehead atoms. The fraction of sp³-hybridized carbons (Fsp3) is 0. The van der Waals surface area contributed by atoms with Crippen LogP contribution in [0.15, 0.2) is 91.0 Å². The molecule has 0 atom stereocenters. The van der Waals surface area contributed by atoms with Gasteiger partial charge in [0.25, 0.3) is 0 Å². The highest BCUT2D eigenvalue weighted by molar-refractivity contribution is 6.08. The van der Waals surface area contributed by atoms with E-state index in [4.69, 9.17) is 4.74 Å². The van der Waals surface area contributed by atoms with E-state index in [0.717, 1.165) is 26.9 Å². The largest absolute Gasteiger partial charge is 0.422 e. The van der Waals surface area contributed by atoms with Gasteiger partial charge < -0.3 is 4.74 Å². The Morgan fingerprint density at radius 2 is 1.32 bits per heavy atom. The number of benzene rings is 5. The molecule has 3 heteroatoms. The van der Waals surface area contributed by atoms with Crippen LogP contribution in [0, 0.1) is 5.82 Å². The highest BCUT2D eigenvalue weighted by Gasteiger charge is 2.15. The van der Waals surface area contributed by atoms with Crippen molar-refractivity contribution < 1.29 is 13.9 Å². The first-order valence-corrected chi connectivity index (χ1v) is 9.01. The van der Waals surface area contributed by atoms with Crippen LogP contribution in [0.2, 0.25) is 0 Å². The second kappa shape index (κ2) is 6.46. The normalized spacial score (nSPS) is 11.2. The van der Waals surface area contributed by atoms with E-state index in [2.05, 4.69) is 0 Å². The second-order valence-electron chi connectivity index (χ2n) is 6.74. The number of carbonyl (C=O) groups excluding carboxylic acids is 1. The lowest BCUT2D eigenvalue weighted by molar-refractivity contribution is 0.0739. The maximum Gasteiger partial charge on any atom is 0.343 e. The van der Waals surface area contributed by atoms with Crippen molar-refractivity contribution >= 4 is 38.3 Å². The summed E-state index contributed by atoms with van der Waals surface area (Å²) in [5.74, 6) is -0.454. The van der Waals surface area contributed by atoms with Gasteiger partial charge in [-0.3, -0.25) is 0 Å². The van der Waals surface area contributed by atoms with E-state index >= 15 is 0 Å². The minimum atomic E-state index is -0.465. The predicted molar refractivity (Wildman–Crippen MR) is 110 cm³/mol. The van der Waals surface area contributed by atoms with Gasteiger partial charge in [0.2, 0.25) is 0 Å². The summed E-state index contributed by atoms with van der Waals surface area (Å²) >= 11 is 0. The first-order valence-electron chi connectivity index (χ1n) is 9.01. The predicted octanol–water partition coefficient (Wildman–Crippen LogP) is 6.50. The Kier molecular flexibility index (Phi) is 3.80. The Balaban J connectivity index is 1.66. The summed E-state index contributed by atoms with van der Waals surface area (Å²) in [6.07, 6.45) is 0. The zero-order valence-corrected chi connectivity index (χ0v) is 14.9. The minimum Gasteiger partial charge on any atom is -0.422 e. The van der Waals surface area contributed by atoms with Gasteiger partial charge in [0, 0.05) is 10.8 Å². The quantitative estimate of drug-likeness (QED) is 0.202. The lowest BCUT2D eigenvalue weighted by Crippen LogP contribution is -2.09. The number of esters is 1. The van der Waals surface area contributed by atoms with Crippen LogP contribution in [0.3, 0.4) is 0 Å². The lowest BCUT2D eigenvalue weighted by atomic mass is 10.0. The average molecular weight is 366 g/mol. The third kappa shape index (κ3) is 2.78. The van der Waals surface area contributed by atoms with Gasteiger partial charge in [-0.1, -0.05) is 60.7 Å². The molecular weight excluding hydrogens is 351 g/mol. The van der Waals surface area contributed by atoms with Gasteiger partial charge in [0.1, 0.15) is 11.6 Å². The summed E-state index contributed by atoms with van der Waals surface area (Å²) in [4.78, 5) is 12.9. The Morgan fingerprint density at radius 1 is 0.643 bits per heavy atom. The third-order valence-corrected chi connectivity index (χ3v) is 4.96. The van der Waals surface area contributed by atoms with Gasteiger partial charge in [-0.15, -0.1) is 0 Å². The molecule has 0 heterocycles. The van der Waals surface area contributed by atoms with E-state index in [1.807, 2.05) is 66.7 Å². The molecule has 0 amide bonds. The van der Waals surface area contributed by atoms with Gasteiger partial charge >= 0.3 is 5.97 Å². The molecule has 0 saturated carbocycles. The molecule has 5 rings (SSSR count). The Hall–Kier alpha value is -3.72. The van der Waals surface area contributed by atoms with Crippen molar-refractivity contribution in [3.05, 3.63) is 102 Å². The molecule has 0 N–H and O–H groups in total. The summed E-state index contributed by atoms with van der Waals surface area (Å²) in [6.45, 7) is 0. The van der Waals surface area contributed by atoms with E-state index in [-0.39, 0.29) is 5.82 Å². The van der Waals surface area contributed by atoms with Crippen LogP contribution >= 0.6 is 0 Å². The zero-order chi connectivity index (χ0) is 19.1. The fourth-order valence-corrected chi connectivity index (χ4v) is 3.57. The molecule has 28 heavy (non-hydrogen) atoms. The van der Waals surface area contributed by atoms with Crippen LogP contribution in [0.25, 0.3) is 32.3 Å². The maximum atomic E-state index is 13.9. The fourth-order valence-electron chi connectivity index (χ4n) is 3.57. The third-order valence-electron chi connectivity index (χ3n) is 4.96. The summed E-state index contributed by atoms with van der Waals surface area (Å²) in [5.41, 5.74) is 0.455. The van der Waals surface area contributed by atoms with Crippen LogP contribution in [-0.2, 0) is 0 Å². The van der Waals surface area contributed by atoms with Gasteiger partial charge in [0.05, 0.1) is 5.56 Å². The molecular formula is C25H15FO2. The summed E-state index contributed by atoms with van der Waals surface area (Å²) in [5, 5.41) is 5.12. The molecule has 134 valence electrons. The lowest BCUT2D eigenvalue weighted by Gasteiger charge is -2.12. The highest BCUT2D eigenvalue weighted by Crippen LogP contribution is 2.36. The second-order valence-corrected chi connectivity index (χ2v) is 6.74. The summed E-state index contributed by atoms with van der Waals surface area (Å²) in [6, 6.07) is 27.4. The molecule has 0 aliphatic carbocycles. The Labute approximate surface area is 160 Å². The number of fused-ring (bicyclic) bond motifs is 3. The molecule has 0 radical (unpaired) electrons. The first kappa shape index (κ1) is 16.5. The number of rotatable bonds is 2. The van der Waals surface area contributed by atoms with Crippen molar-refractivity contribution in [1.29, 1.82) is 0 Å². The SMILES string of the molecule is O=C(Oc1c2ccccc2cc2ccc(F)cc12)c1ccc2ccccc2c1. The molecule has 0 unspecified atom stereocenters. The summed E-state index contributed by atoms with van der Waals surface area (Å²) in [7, 11) is 0. The van der Waals surface area contributed by atoms with Crippen molar-refractivity contribution in [3.8, 4) is 5.75 Å². The number of ether oxygens (including phenoxy) is 1. The molecule has 0 spiro atoms. The van der Waals surface area contributed by atoms with Crippen LogP contribution in [0.4, 0.5) is 4.39 Å². The Bertz CT molecular complexity index is 1370. The monoisotopic (exact) mass is 366 g/mol. The number of hydrogen-bond acceptors (Lipinski definition) is 2. The van der Waals surface area contributed by atoms with Gasteiger partial charge in [-0.05, 0) is 51.9 Å². The molecule has 5 aromatic carbocycles. The smallest absolute Gasteiger partial charge is 0.343 e. The topological polar surface area (TPSA) is 26.3 Å². The van der Waals surface area contributed by atoms with Crippen LogP contribution in [0.5, 0.6) is 5.75 Å². The summed E-state index contributed by atoms with van der Waals surface area (Å²) < 4.78 is 19.7. The maximum absolute atomic E-state index is 13.9. The van der Waals surface area contributed by atoms with Crippen molar-refractivity contribution in [3.63, 3.8) is 0 Å². The van der Waals surface area contributed by atoms with Crippen molar-refractivity contribution in [2.24, 2.45) is 0 Å². The van der Waals surface area contributed by atoms with E-state index in [1.54, 1.807) is 12.1 Å². The molecule has 0 aliphatic heterocycles. The van der Waals surface area contributed by atoms with E-state index in [0.29, 0.717) is 16.7 Å². The number of carbonyl (C=O) groups is 1. The molecule has 0 fully saturated rings. The van der Waals surface area contributed by atoms with Crippen molar-refractivity contribution in [1.82, 2.24) is 0 Å². The highest BCUT2D eigenvalue weighted by atomic mass is 19.1. The van der Waals surface area contributed by atoms with Crippen LogP contribution in [0.1, 0.15) is 10.4 Å². The van der Waals surface area contributed by atoms with E-state index in [1.165, 1.54) is 12.1 Å². The first-order chi connectivity index (χ1) is 13.7. The van der Waals surface area contributed by atoms with E-state index in [9.17, 15) is 9.18 Å². The van der Waals surface area contributed by atoms with Gasteiger partial charge in [0.15, 0.2) is 0 Å². The average Bonchev–Trinajstić information content (AvgIpc) is 2.73. The zero-order valence-electron chi connectivity index (χ0n) is 14.9. The van der Waals surface area contributed by atoms with Crippen molar-refractivity contribution in [2.75, 3.05) is 0 Å². The molecule has 5 aromatic rings. The van der Waals surface area contributed by atoms with Crippen LogP contribution < -0.4 is 4.74 Å². The minimum absolute atomic E-state index is 0.370. The molecule has 0 saturated heterocycles.